The average Bonchev–Trinajstić information content (AvgIpc) is 2.66. The van der Waals surface area contributed by atoms with E-state index in [0.29, 0.717) is 17.6 Å². The number of ether oxygens (including phenoxy) is 1. The second kappa shape index (κ2) is 5.86. The van der Waals surface area contributed by atoms with Crippen LogP contribution in [0.3, 0.4) is 0 Å². The minimum atomic E-state index is 0.439. The number of hydrogen-bond acceptors (Lipinski definition) is 2. The molecule has 2 heteroatoms. The summed E-state index contributed by atoms with van der Waals surface area (Å²) in [7, 11) is 2.04. The Morgan fingerprint density at radius 3 is 2.73 bits per heavy atom. The molecule has 1 rings (SSSR count). The fraction of sp³-hybridized carbons (Fsp3) is 1.00. The van der Waals surface area contributed by atoms with Crippen molar-refractivity contribution >= 4 is 0 Å². The highest BCUT2D eigenvalue weighted by molar-refractivity contribution is 4.77. The molecule has 2 unspecified atom stereocenters. The van der Waals surface area contributed by atoms with Crippen molar-refractivity contribution in [2.45, 2.75) is 65.0 Å². The lowest BCUT2D eigenvalue weighted by Gasteiger charge is -2.29. The molecule has 1 heterocycles. The zero-order chi connectivity index (χ0) is 11.3. The van der Waals surface area contributed by atoms with Gasteiger partial charge in [-0.1, -0.05) is 13.8 Å². The Bertz CT molecular complexity index is 173. The normalized spacial score (nSPS) is 24.4. The summed E-state index contributed by atoms with van der Waals surface area (Å²) >= 11 is 0. The van der Waals surface area contributed by atoms with Crippen molar-refractivity contribution < 1.29 is 4.74 Å². The van der Waals surface area contributed by atoms with Gasteiger partial charge in [-0.05, 0) is 51.5 Å². The number of hydrogen-bond donors (Lipinski definition) is 1. The van der Waals surface area contributed by atoms with Crippen LogP contribution in [0.1, 0.15) is 52.9 Å². The van der Waals surface area contributed by atoms with E-state index < -0.39 is 0 Å². The number of nitrogens with one attached hydrogen (secondary N) is 1. The van der Waals surface area contributed by atoms with Crippen molar-refractivity contribution in [1.82, 2.24) is 5.32 Å². The van der Waals surface area contributed by atoms with Crippen LogP contribution in [0.25, 0.3) is 0 Å². The minimum Gasteiger partial charge on any atom is -0.378 e. The Morgan fingerprint density at radius 2 is 2.20 bits per heavy atom. The van der Waals surface area contributed by atoms with Crippen molar-refractivity contribution in [2.75, 3.05) is 13.7 Å². The Hall–Kier alpha value is -0.0800. The molecule has 90 valence electrons. The summed E-state index contributed by atoms with van der Waals surface area (Å²) in [5, 5.41) is 3.32. The van der Waals surface area contributed by atoms with Crippen LogP contribution in [0.4, 0.5) is 0 Å². The standard InChI is InChI=1S/C13H27NO/c1-11(14-4)10-13(2,3)8-7-12-6-5-9-15-12/h11-12,14H,5-10H2,1-4H3. The summed E-state index contributed by atoms with van der Waals surface area (Å²) in [6.07, 6.45) is 6.85. The predicted molar refractivity (Wildman–Crippen MR) is 65.1 cm³/mol. The summed E-state index contributed by atoms with van der Waals surface area (Å²) in [5.41, 5.74) is 0.439. The highest BCUT2D eigenvalue weighted by Gasteiger charge is 2.23. The van der Waals surface area contributed by atoms with Gasteiger partial charge < -0.3 is 10.1 Å². The topological polar surface area (TPSA) is 21.3 Å². The maximum Gasteiger partial charge on any atom is 0.0576 e. The van der Waals surface area contributed by atoms with Crippen molar-refractivity contribution in [3.8, 4) is 0 Å². The lowest BCUT2D eigenvalue weighted by molar-refractivity contribution is 0.0893. The first-order valence-electron chi connectivity index (χ1n) is 6.32. The molecule has 1 fully saturated rings. The predicted octanol–water partition coefficient (Wildman–Crippen LogP) is 2.97. The lowest BCUT2D eigenvalue weighted by atomic mass is 9.81. The van der Waals surface area contributed by atoms with Gasteiger partial charge in [0.05, 0.1) is 6.10 Å². The quantitative estimate of drug-likeness (QED) is 0.732. The van der Waals surface area contributed by atoms with Crippen molar-refractivity contribution in [1.29, 1.82) is 0 Å². The van der Waals surface area contributed by atoms with Gasteiger partial charge in [0.25, 0.3) is 0 Å². The van der Waals surface area contributed by atoms with Crippen LogP contribution in [0, 0.1) is 5.41 Å². The number of rotatable bonds is 6. The van der Waals surface area contributed by atoms with Gasteiger partial charge in [-0.15, -0.1) is 0 Å². The Balaban J connectivity index is 2.22. The van der Waals surface area contributed by atoms with Crippen molar-refractivity contribution in [3.63, 3.8) is 0 Å². The molecule has 0 aliphatic carbocycles. The van der Waals surface area contributed by atoms with Gasteiger partial charge in [-0.3, -0.25) is 0 Å². The Labute approximate surface area is 94.8 Å². The van der Waals surface area contributed by atoms with E-state index in [-0.39, 0.29) is 0 Å². The van der Waals surface area contributed by atoms with Gasteiger partial charge in [0.15, 0.2) is 0 Å². The molecule has 0 bridgehead atoms. The van der Waals surface area contributed by atoms with E-state index in [1.807, 2.05) is 7.05 Å². The highest BCUT2D eigenvalue weighted by atomic mass is 16.5. The SMILES string of the molecule is CNC(C)CC(C)(C)CCC1CCCO1. The third-order valence-corrected chi connectivity index (χ3v) is 3.52. The van der Waals surface area contributed by atoms with Gasteiger partial charge >= 0.3 is 0 Å². The van der Waals surface area contributed by atoms with Crippen LogP contribution in [-0.4, -0.2) is 25.8 Å². The maximum atomic E-state index is 5.66. The van der Waals surface area contributed by atoms with Crippen LogP contribution >= 0.6 is 0 Å². The molecule has 1 N–H and O–H groups in total. The molecule has 0 aromatic heterocycles. The fourth-order valence-electron chi connectivity index (χ4n) is 2.46. The van der Waals surface area contributed by atoms with Crippen molar-refractivity contribution in [2.24, 2.45) is 5.41 Å². The molecule has 0 aromatic rings. The van der Waals surface area contributed by atoms with Crippen LogP contribution < -0.4 is 5.32 Å². The van der Waals surface area contributed by atoms with Crippen molar-refractivity contribution in [3.05, 3.63) is 0 Å². The van der Waals surface area contributed by atoms with E-state index in [4.69, 9.17) is 4.74 Å². The zero-order valence-corrected chi connectivity index (χ0v) is 10.8. The van der Waals surface area contributed by atoms with Crippen LogP contribution in [0.15, 0.2) is 0 Å². The first-order chi connectivity index (χ1) is 7.03. The first kappa shape index (κ1) is 13.0. The third-order valence-electron chi connectivity index (χ3n) is 3.52. The molecule has 0 aromatic carbocycles. The van der Waals surface area contributed by atoms with Crippen LogP contribution in [0.2, 0.25) is 0 Å². The highest BCUT2D eigenvalue weighted by Crippen LogP contribution is 2.31. The van der Waals surface area contributed by atoms with E-state index in [1.54, 1.807) is 0 Å². The van der Waals surface area contributed by atoms with Gasteiger partial charge in [-0.25, -0.2) is 0 Å². The molecular weight excluding hydrogens is 186 g/mol. The monoisotopic (exact) mass is 213 g/mol. The summed E-state index contributed by atoms with van der Waals surface area (Å²) in [6, 6.07) is 0.615. The molecule has 2 atom stereocenters. The van der Waals surface area contributed by atoms with Gasteiger partial charge in [-0.2, -0.15) is 0 Å². The molecule has 1 saturated heterocycles. The average molecular weight is 213 g/mol. The van der Waals surface area contributed by atoms with Crippen LogP contribution in [-0.2, 0) is 4.74 Å². The minimum absolute atomic E-state index is 0.439. The summed E-state index contributed by atoms with van der Waals surface area (Å²) in [4.78, 5) is 0. The molecule has 2 nitrogen and oxygen atoms in total. The maximum absolute atomic E-state index is 5.66. The van der Waals surface area contributed by atoms with Crippen LogP contribution in [0.5, 0.6) is 0 Å². The van der Waals surface area contributed by atoms with E-state index in [1.165, 1.54) is 32.1 Å². The zero-order valence-electron chi connectivity index (χ0n) is 10.8. The summed E-state index contributed by atoms with van der Waals surface area (Å²) in [6.45, 7) is 7.98. The first-order valence-corrected chi connectivity index (χ1v) is 6.32. The Kier molecular flexibility index (Phi) is 5.07. The summed E-state index contributed by atoms with van der Waals surface area (Å²) in [5.74, 6) is 0. The van der Waals surface area contributed by atoms with E-state index in [0.717, 1.165) is 6.61 Å². The molecule has 0 amide bonds. The third kappa shape index (κ3) is 4.98. The van der Waals surface area contributed by atoms with E-state index >= 15 is 0 Å². The molecule has 15 heavy (non-hydrogen) atoms. The van der Waals surface area contributed by atoms with Gasteiger partial charge in [0.1, 0.15) is 0 Å². The second-order valence-electron chi connectivity index (χ2n) is 5.73. The summed E-state index contributed by atoms with van der Waals surface area (Å²) < 4.78 is 5.66. The largest absolute Gasteiger partial charge is 0.378 e. The van der Waals surface area contributed by atoms with Gasteiger partial charge in [0.2, 0.25) is 0 Å². The smallest absolute Gasteiger partial charge is 0.0576 e. The van der Waals surface area contributed by atoms with Gasteiger partial charge in [0, 0.05) is 12.6 Å². The van der Waals surface area contributed by atoms with E-state index in [2.05, 4.69) is 26.1 Å². The Morgan fingerprint density at radius 1 is 1.47 bits per heavy atom. The lowest BCUT2D eigenvalue weighted by Crippen LogP contribution is -2.29. The molecule has 0 radical (unpaired) electrons. The molecule has 1 aliphatic rings. The molecular formula is C13H27NO. The molecule has 0 spiro atoms. The fourth-order valence-corrected chi connectivity index (χ4v) is 2.46. The second-order valence-corrected chi connectivity index (χ2v) is 5.73. The molecule has 1 aliphatic heterocycles. The molecule has 0 saturated carbocycles. The van der Waals surface area contributed by atoms with E-state index in [9.17, 15) is 0 Å².